The molecule has 1 aromatic carbocycles. The van der Waals surface area contributed by atoms with Crippen LogP contribution in [0.5, 0.6) is 5.75 Å². The minimum absolute atomic E-state index is 0.303. The van der Waals surface area contributed by atoms with Crippen LogP contribution in [-0.4, -0.2) is 7.11 Å². The number of hydrogen-bond donors (Lipinski definition) is 1. The molecule has 0 saturated heterocycles. The van der Waals surface area contributed by atoms with Crippen molar-refractivity contribution in [2.75, 3.05) is 7.11 Å². The summed E-state index contributed by atoms with van der Waals surface area (Å²) in [5.74, 6) is 0.907. The molecule has 0 fully saturated rings. The Morgan fingerprint density at radius 2 is 1.94 bits per heavy atom. The van der Waals surface area contributed by atoms with Crippen LogP contribution in [0.25, 0.3) is 0 Å². The molecule has 0 aliphatic carbocycles. The van der Waals surface area contributed by atoms with Gasteiger partial charge in [0.1, 0.15) is 5.75 Å². The second kappa shape index (κ2) is 6.03. The summed E-state index contributed by atoms with van der Waals surface area (Å²) < 4.78 is 5.26. The Hall–Kier alpha value is -1.32. The van der Waals surface area contributed by atoms with Crippen molar-refractivity contribution >= 4 is 11.3 Å². The lowest BCUT2D eigenvalue weighted by Crippen LogP contribution is -2.21. The van der Waals surface area contributed by atoms with Crippen LogP contribution >= 0.6 is 11.3 Å². The zero-order chi connectivity index (χ0) is 13.0. The van der Waals surface area contributed by atoms with Crippen LogP contribution in [-0.2, 0) is 0 Å². The standard InChI is InChI=1S/C15H19NOS/c1-11(13-6-4-7-14(10-13)17-3)16-12(2)15-8-5-9-18-15/h4-12,16H,1-3H3/t11?,12-/m0/s1. The summed E-state index contributed by atoms with van der Waals surface area (Å²) >= 11 is 1.79. The highest BCUT2D eigenvalue weighted by atomic mass is 32.1. The van der Waals surface area contributed by atoms with Gasteiger partial charge in [-0.25, -0.2) is 0 Å². The van der Waals surface area contributed by atoms with Crippen LogP contribution in [0.2, 0.25) is 0 Å². The van der Waals surface area contributed by atoms with E-state index in [0.717, 1.165) is 5.75 Å². The van der Waals surface area contributed by atoms with Crippen molar-refractivity contribution in [1.82, 2.24) is 5.32 Å². The molecule has 2 nitrogen and oxygen atoms in total. The minimum atomic E-state index is 0.303. The Labute approximate surface area is 113 Å². The van der Waals surface area contributed by atoms with Crippen molar-refractivity contribution in [1.29, 1.82) is 0 Å². The molecule has 18 heavy (non-hydrogen) atoms. The van der Waals surface area contributed by atoms with Gasteiger partial charge in [0.05, 0.1) is 7.11 Å². The van der Waals surface area contributed by atoms with E-state index in [-0.39, 0.29) is 0 Å². The number of nitrogens with one attached hydrogen (secondary N) is 1. The van der Waals surface area contributed by atoms with Crippen LogP contribution in [0.3, 0.4) is 0 Å². The van der Waals surface area contributed by atoms with Crippen LogP contribution in [0.1, 0.15) is 36.4 Å². The average molecular weight is 261 g/mol. The van der Waals surface area contributed by atoms with Crippen molar-refractivity contribution in [3.05, 3.63) is 52.2 Å². The maximum atomic E-state index is 5.26. The maximum absolute atomic E-state index is 5.26. The first-order valence-corrected chi connectivity index (χ1v) is 7.02. The van der Waals surface area contributed by atoms with E-state index in [2.05, 4.69) is 48.8 Å². The predicted octanol–water partition coefficient (Wildman–Crippen LogP) is 4.17. The van der Waals surface area contributed by atoms with Gasteiger partial charge in [-0.05, 0) is 43.0 Å². The van der Waals surface area contributed by atoms with Crippen LogP contribution in [0.15, 0.2) is 41.8 Å². The van der Waals surface area contributed by atoms with Gasteiger partial charge in [-0.2, -0.15) is 0 Å². The first-order valence-electron chi connectivity index (χ1n) is 6.14. The Morgan fingerprint density at radius 3 is 2.61 bits per heavy atom. The Balaban J connectivity index is 2.04. The maximum Gasteiger partial charge on any atom is 0.119 e. The summed E-state index contributed by atoms with van der Waals surface area (Å²) in [4.78, 5) is 1.37. The Morgan fingerprint density at radius 1 is 1.11 bits per heavy atom. The molecular formula is C15H19NOS. The Bertz CT molecular complexity index is 481. The quantitative estimate of drug-likeness (QED) is 0.872. The van der Waals surface area contributed by atoms with E-state index in [9.17, 15) is 0 Å². The third-order valence-corrected chi connectivity index (χ3v) is 4.12. The number of thiophene rings is 1. The zero-order valence-electron chi connectivity index (χ0n) is 11.0. The number of benzene rings is 1. The predicted molar refractivity (Wildman–Crippen MR) is 77.3 cm³/mol. The Kier molecular flexibility index (Phi) is 4.39. The molecule has 1 heterocycles. The number of rotatable bonds is 5. The molecule has 0 radical (unpaired) electrons. The molecule has 0 spiro atoms. The molecule has 96 valence electrons. The number of hydrogen-bond acceptors (Lipinski definition) is 3. The van der Waals surface area contributed by atoms with Gasteiger partial charge in [-0.1, -0.05) is 18.2 Å². The van der Waals surface area contributed by atoms with Crippen molar-refractivity contribution in [2.24, 2.45) is 0 Å². The fourth-order valence-corrected chi connectivity index (χ4v) is 2.75. The van der Waals surface area contributed by atoms with Crippen molar-refractivity contribution < 1.29 is 4.74 Å². The molecule has 2 rings (SSSR count). The largest absolute Gasteiger partial charge is 0.497 e. The first-order chi connectivity index (χ1) is 8.70. The molecule has 0 saturated carbocycles. The van der Waals surface area contributed by atoms with Gasteiger partial charge in [0.2, 0.25) is 0 Å². The lowest BCUT2D eigenvalue weighted by Gasteiger charge is -2.20. The third kappa shape index (κ3) is 3.12. The van der Waals surface area contributed by atoms with E-state index < -0.39 is 0 Å². The normalized spacial score (nSPS) is 14.2. The van der Waals surface area contributed by atoms with Gasteiger partial charge < -0.3 is 10.1 Å². The van der Waals surface area contributed by atoms with Crippen LogP contribution in [0.4, 0.5) is 0 Å². The van der Waals surface area contributed by atoms with Crippen molar-refractivity contribution in [3.8, 4) is 5.75 Å². The molecule has 0 aliphatic rings. The molecule has 2 aromatic rings. The molecule has 1 unspecified atom stereocenters. The summed E-state index contributed by atoms with van der Waals surface area (Å²) in [5, 5.41) is 5.72. The van der Waals surface area contributed by atoms with Gasteiger partial charge in [-0.3, -0.25) is 0 Å². The first kappa shape index (κ1) is 13.1. The van der Waals surface area contributed by atoms with Crippen LogP contribution in [0, 0.1) is 0 Å². The van der Waals surface area contributed by atoms with Gasteiger partial charge >= 0.3 is 0 Å². The van der Waals surface area contributed by atoms with E-state index in [0.29, 0.717) is 12.1 Å². The summed E-state index contributed by atoms with van der Waals surface area (Å²) in [6.07, 6.45) is 0. The fraction of sp³-hybridized carbons (Fsp3) is 0.333. The lowest BCUT2D eigenvalue weighted by molar-refractivity contribution is 0.412. The number of methoxy groups -OCH3 is 1. The highest BCUT2D eigenvalue weighted by molar-refractivity contribution is 7.10. The number of ether oxygens (including phenoxy) is 1. The highest BCUT2D eigenvalue weighted by Gasteiger charge is 2.12. The molecule has 1 N–H and O–H groups in total. The highest BCUT2D eigenvalue weighted by Crippen LogP contribution is 2.24. The van der Waals surface area contributed by atoms with Gasteiger partial charge in [0, 0.05) is 17.0 Å². The molecular weight excluding hydrogens is 242 g/mol. The van der Waals surface area contributed by atoms with E-state index >= 15 is 0 Å². The topological polar surface area (TPSA) is 21.3 Å². The summed E-state index contributed by atoms with van der Waals surface area (Å²) in [6, 6.07) is 13.1. The van der Waals surface area contributed by atoms with E-state index in [4.69, 9.17) is 4.74 Å². The summed E-state index contributed by atoms with van der Waals surface area (Å²) in [5.41, 5.74) is 1.25. The van der Waals surface area contributed by atoms with Crippen LogP contribution < -0.4 is 10.1 Å². The van der Waals surface area contributed by atoms with Gasteiger partial charge in [0.25, 0.3) is 0 Å². The second-order valence-corrected chi connectivity index (χ2v) is 5.38. The van der Waals surface area contributed by atoms with Gasteiger partial charge in [-0.15, -0.1) is 11.3 Å². The fourth-order valence-electron chi connectivity index (χ4n) is 2.00. The minimum Gasteiger partial charge on any atom is -0.497 e. The average Bonchev–Trinajstić information content (AvgIpc) is 2.92. The monoisotopic (exact) mass is 261 g/mol. The molecule has 0 aliphatic heterocycles. The van der Waals surface area contributed by atoms with Crippen molar-refractivity contribution in [2.45, 2.75) is 25.9 Å². The third-order valence-electron chi connectivity index (χ3n) is 3.06. The smallest absolute Gasteiger partial charge is 0.119 e. The van der Waals surface area contributed by atoms with E-state index in [1.54, 1.807) is 18.4 Å². The summed E-state index contributed by atoms with van der Waals surface area (Å²) in [7, 11) is 1.70. The second-order valence-electron chi connectivity index (χ2n) is 4.40. The SMILES string of the molecule is COc1cccc(C(C)N[C@@H](C)c2cccs2)c1. The molecule has 3 heteroatoms. The lowest BCUT2D eigenvalue weighted by atomic mass is 10.1. The molecule has 2 atom stereocenters. The van der Waals surface area contributed by atoms with E-state index in [1.807, 2.05) is 12.1 Å². The molecule has 0 amide bonds. The van der Waals surface area contributed by atoms with Crippen molar-refractivity contribution in [3.63, 3.8) is 0 Å². The zero-order valence-corrected chi connectivity index (χ0v) is 11.8. The molecule has 0 bridgehead atoms. The van der Waals surface area contributed by atoms with E-state index in [1.165, 1.54) is 10.4 Å². The summed E-state index contributed by atoms with van der Waals surface area (Å²) in [6.45, 7) is 4.38. The van der Waals surface area contributed by atoms with Gasteiger partial charge in [0.15, 0.2) is 0 Å². The molecule has 1 aromatic heterocycles.